The first kappa shape index (κ1) is 31.2. The van der Waals surface area contributed by atoms with Gasteiger partial charge in [-0.05, 0) is 48.0 Å². The molecule has 0 saturated heterocycles. The first-order chi connectivity index (χ1) is 22.4. The number of ether oxygens (including phenoxy) is 2. The topological polar surface area (TPSA) is 85.7 Å². The summed E-state index contributed by atoms with van der Waals surface area (Å²) >= 11 is 8.16. The van der Waals surface area contributed by atoms with Crippen LogP contribution in [-0.2, 0) is 16.1 Å². The summed E-state index contributed by atoms with van der Waals surface area (Å²) in [5, 5.41) is 7.94. The minimum absolute atomic E-state index is 0.0711. The molecule has 1 aromatic heterocycles. The van der Waals surface area contributed by atoms with Gasteiger partial charge in [0.1, 0.15) is 29.7 Å². The van der Waals surface area contributed by atoms with Crippen molar-refractivity contribution >= 4 is 41.0 Å². The number of para-hydroxylation sites is 1. The molecule has 0 saturated carbocycles. The number of hydrogen-bond donors (Lipinski definition) is 1. The fourth-order valence-electron chi connectivity index (χ4n) is 5.41. The van der Waals surface area contributed by atoms with Crippen LogP contribution in [0.15, 0.2) is 97.1 Å². The molecule has 1 unspecified atom stereocenters. The van der Waals surface area contributed by atoms with Crippen LogP contribution in [0, 0.1) is 5.82 Å². The van der Waals surface area contributed by atoms with Gasteiger partial charge in [0.25, 0.3) is 0 Å². The highest BCUT2D eigenvalue weighted by molar-refractivity contribution is 8.00. The summed E-state index contributed by atoms with van der Waals surface area (Å²) in [5.74, 6) is 0.715. The zero-order valence-corrected chi connectivity index (χ0v) is 26.6. The number of fused-ring (bicyclic) bond motifs is 1. The van der Waals surface area contributed by atoms with Gasteiger partial charge >= 0.3 is 0 Å². The second kappa shape index (κ2) is 13.7. The molecule has 2 amide bonds. The van der Waals surface area contributed by atoms with E-state index in [1.807, 2.05) is 66.7 Å². The summed E-state index contributed by atoms with van der Waals surface area (Å²) in [6.07, 6.45) is 0. The summed E-state index contributed by atoms with van der Waals surface area (Å²) in [5.41, 5.74) is 4.25. The Labute approximate surface area is 275 Å². The molecule has 1 N–H and O–H groups in total. The van der Waals surface area contributed by atoms with Crippen LogP contribution in [0.25, 0.3) is 16.9 Å². The molecule has 4 aromatic carbocycles. The van der Waals surface area contributed by atoms with Crippen LogP contribution in [0.2, 0.25) is 5.02 Å². The summed E-state index contributed by atoms with van der Waals surface area (Å²) in [7, 11) is 3.19. The van der Waals surface area contributed by atoms with E-state index in [9.17, 15) is 14.0 Å². The largest absolute Gasteiger partial charge is 0.497 e. The Hall–Kier alpha value is -4.80. The van der Waals surface area contributed by atoms with E-state index in [4.69, 9.17) is 26.2 Å². The van der Waals surface area contributed by atoms with Crippen molar-refractivity contribution in [3.05, 3.63) is 125 Å². The van der Waals surface area contributed by atoms with Gasteiger partial charge in [-0.3, -0.25) is 14.5 Å². The lowest BCUT2D eigenvalue weighted by Gasteiger charge is -2.24. The molecule has 11 heteroatoms. The number of nitrogens with zero attached hydrogens (tertiary/aromatic N) is 3. The minimum atomic E-state index is -0.442. The van der Waals surface area contributed by atoms with Gasteiger partial charge in [-0.15, -0.1) is 11.8 Å². The lowest BCUT2D eigenvalue weighted by atomic mass is 9.98. The van der Waals surface area contributed by atoms with E-state index in [1.54, 1.807) is 37.1 Å². The normalized spacial score (nSPS) is 14.4. The van der Waals surface area contributed by atoms with E-state index in [2.05, 4.69) is 5.32 Å². The molecule has 0 spiro atoms. The number of nitrogens with one attached hydrogen (secondary N) is 1. The second-order valence-electron chi connectivity index (χ2n) is 10.5. The van der Waals surface area contributed by atoms with Gasteiger partial charge in [-0.1, -0.05) is 66.2 Å². The van der Waals surface area contributed by atoms with Crippen LogP contribution in [0.4, 0.5) is 10.2 Å². The standard InChI is InChI=1S/C35H30ClFN4O4S/c1-44-25-16-17-29(45-2)26(18-25)34-32-33(23-8-4-3-5-9-23)39-41(28-11-7-6-10-27(28)36)35(32)40(31(43)21-46-34)20-30(42)38-19-22-12-14-24(37)15-13-22/h3-18,34H,19-21H2,1-2H3,(H,38,42). The molecule has 234 valence electrons. The van der Waals surface area contributed by atoms with Crippen molar-refractivity contribution < 1.29 is 23.5 Å². The summed E-state index contributed by atoms with van der Waals surface area (Å²) in [6.45, 7) is -0.106. The van der Waals surface area contributed by atoms with Gasteiger partial charge in [-0.25, -0.2) is 9.07 Å². The Morgan fingerprint density at radius 1 is 1.00 bits per heavy atom. The number of aromatic nitrogens is 2. The maximum Gasteiger partial charge on any atom is 0.240 e. The molecule has 1 atom stereocenters. The number of rotatable bonds is 9. The van der Waals surface area contributed by atoms with E-state index in [0.29, 0.717) is 33.7 Å². The summed E-state index contributed by atoms with van der Waals surface area (Å²) < 4.78 is 26.5. The highest BCUT2D eigenvalue weighted by Crippen LogP contribution is 2.51. The maximum absolute atomic E-state index is 14.0. The van der Waals surface area contributed by atoms with Gasteiger partial charge in [0.15, 0.2) is 0 Å². The number of hydrogen-bond acceptors (Lipinski definition) is 6. The third-order valence-corrected chi connectivity index (χ3v) is 9.20. The Bertz CT molecular complexity index is 1880. The predicted octanol–water partition coefficient (Wildman–Crippen LogP) is 6.83. The van der Waals surface area contributed by atoms with Gasteiger partial charge in [0, 0.05) is 23.2 Å². The van der Waals surface area contributed by atoms with Gasteiger partial charge in [0.2, 0.25) is 11.8 Å². The van der Waals surface area contributed by atoms with Gasteiger partial charge in [-0.2, -0.15) is 5.10 Å². The van der Waals surface area contributed by atoms with E-state index >= 15 is 0 Å². The number of thioether (sulfide) groups is 1. The molecule has 0 fully saturated rings. The average molecular weight is 657 g/mol. The molecule has 1 aliphatic heterocycles. The quantitative estimate of drug-likeness (QED) is 0.187. The molecule has 46 heavy (non-hydrogen) atoms. The SMILES string of the molecule is COc1ccc(OC)c(C2SCC(=O)N(CC(=O)NCc3ccc(F)cc3)c3c2c(-c2ccccc2)nn3-c2ccccc2Cl)c1. The Kier molecular flexibility index (Phi) is 9.28. The monoisotopic (exact) mass is 656 g/mol. The van der Waals surface area contributed by atoms with Crippen molar-refractivity contribution in [2.24, 2.45) is 0 Å². The first-order valence-corrected chi connectivity index (χ1v) is 15.9. The smallest absolute Gasteiger partial charge is 0.240 e. The van der Waals surface area contributed by atoms with Crippen LogP contribution >= 0.6 is 23.4 Å². The molecule has 2 heterocycles. The van der Waals surface area contributed by atoms with Crippen molar-refractivity contribution in [1.82, 2.24) is 15.1 Å². The van der Waals surface area contributed by atoms with E-state index in [0.717, 1.165) is 22.3 Å². The number of carbonyl (C=O) groups excluding carboxylic acids is 2. The van der Waals surface area contributed by atoms with E-state index < -0.39 is 5.25 Å². The Balaban J connectivity index is 1.54. The highest BCUT2D eigenvalue weighted by Gasteiger charge is 2.39. The third-order valence-electron chi connectivity index (χ3n) is 7.64. The highest BCUT2D eigenvalue weighted by atomic mass is 35.5. The Morgan fingerprint density at radius 3 is 2.46 bits per heavy atom. The molecular formula is C35H30ClFN4O4S. The van der Waals surface area contributed by atoms with Crippen LogP contribution in [0.5, 0.6) is 11.5 Å². The van der Waals surface area contributed by atoms with E-state index in [-0.39, 0.29) is 36.5 Å². The van der Waals surface area contributed by atoms with Crippen molar-refractivity contribution in [3.63, 3.8) is 0 Å². The zero-order chi connectivity index (χ0) is 32.2. The molecule has 0 bridgehead atoms. The van der Waals surface area contributed by atoms with Crippen molar-refractivity contribution in [3.8, 4) is 28.4 Å². The van der Waals surface area contributed by atoms with Crippen molar-refractivity contribution in [2.75, 3.05) is 31.4 Å². The molecular weight excluding hydrogens is 627 g/mol. The summed E-state index contributed by atoms with van der Waals surface area (Å²) in [4.78, 5) is 29.0. The average Bonchev–Trinajstić information content (AvgIpc) is 3.40. The number of benzene rings is 4. The fourth-order valence-corrected chi connectivity index (χ4v) is 6.84. The van der Waals surface area contributed by atoms with Crippen LogP contribution in [0.1, 0.15) is 21.9 Å². The molecule has 0 aliphatic carbocycles. The predicted molar refractivity (Wildman–Crippen MR) is 178 cm³/mol. The minimum Gasteiger partial charge on any atom is -0.497 e. The number of anilines is 1. The van der Waals surface area contributed by atoms with Crippen LogP contribution in [-0.4, -0.2) is 48.1 Å². The molecule has 1 aliphatic rings. The number of methoxy groups -OCH3 is 2. The maximum atomic E-state index is 14.0. The zero-order valence-electron chi connectivity index (χ0n) is 25.1. The number of amides is 2. The molecule has 8 nitrogen and oxygen atoms in total. The third kappa shape index (κ3) is 6.31. The van der Waals surface area contributed by atoms with E-state index in [1.165, 1.54) is 28.8 Å². The van der Waals surface area contributed by atoms with Crippen LogP contribution < -0.4 is 19.7 Å². The molecule has 6 rings (SSSR count). The Morgan fingerprint density at radius 2 is 1.74 bits per heavy atom. The number of halogens is 2. The fraction of sp³-hybridized carbons (Fsp3) is 0.171. The van der Waals surface area contributed by atoms with Gasteiger partial charge in [0.05, 0.1) is 41.6 Å². The number of carbonyl (C=O) groups is 2. The molecule has 5 aromatic rings. The van der Waals surface area contributed by atoms with Crippen molar-refractivity contribution in [2.45, 2.75) is 11.8 Å². The van der Waals surface area contributed by atoms with Gasteiger partial charge < -0.3 is 14.8 Å². The van der Waals surface area contributed by atoms with Crippen molar-refractivity contribution in [1.29, 1.82) is 0 Å². The lowest BCUT2D eigenvalue weighted by Crippen LogP contribution is -2.42. The van der Waals surface area contributed by atoms with Crippen LogP contribution in [0.3, 0.4) is 0 Å². The lowest BCUT2D eigenvalue weighted by molar-refractivity contribution is -0.123. The summed E-state index contributed by atoms with van der Waals surface area (Å²) in [6, 6.07) is 28.3. The second-order valence-corrected chi connectivity index (χ2v) is 12.0. The molecule has 0 radical (unpaired) electrons. The first-order valence-electron chi connectivity index (χ1n) is 14.5.